The standard InChI is InChI=1S/C17H25NO3/c1-11-5-4-6-14(7-11)16(19)10-18-17(20)15-8-12(2)21-13(3)9-15/h4-7,12-13,15-16,19H,8-10H2,1-3H3,(H,18,20). The van der Waals surface area contributed by atoms with Gasteiger partial charge in [0, 0.05) is 12.5 Å². The van der Waals surface area contributed by atoms with Crippen LogP contribution in [0, 0.1) is 12.8 Å². The zero-order chi connectivity index (χ0) is 15.4. The molecule has 1 heterocycles. The maximum atomic E-state index is 12.2. The van der Waals surface area contributed by atoms with Crippen molar-refractivity contribution < 1.29 is 14.6 Å². The molecule has 0 aromatic heterocycles. The maximum Gasteiger partial charge on any atom is 0.223 e. The Kier molecular flexibility index (Phi) is 5.37. The first kappa shape index (κ1) is 16.0. The van der Waals surface area contributed by atoms with E-state index in [9.17, 15) is 9.90 Å². The fourth-order valence-corrected chi connectivity index (χ4v) is 2.96. The van der Waals surface area contributed by atoms with E-state index in [1.807, 2.05) is 45.0 Å². The van der Waals surface area contributed by atoms with Crippen molar-refractivity contribution in [3.05, 3.63) is 35.4 Å². The Morgan fingerprint density at radius 3 is 2.67 bits per heavy atom. The quantitative estimate of drug-likeness (QED) is 0.895. The molecule has 1 saturated heterocycles. The Bertz CT molecular complexity index is 479. The number of amides is 1. The highest BCUT2D eigenvalue weighted by molar-refractivity contribution is 5.78. The Labute approximate surface area is 126 Å². The minimum atomic E-state index is -0.663. The van der Waals surface area contributed by atoms with Gasteiger partial charge in [0.05, 0.1) is 18.3 Å². The number of hydrogen-bond acceptors (Lipinski definition) is 3. The Morgan fingerprint density at radius 2 is 2.05 bits per heavy atom. The molecule has 4 nitrogen and oxygen atoms in total. The van der Waals surface area contributed by atoms with Crippen LogP contribution in [0.1, 0.15) is 43.9 Å². The molecule has 4 heteroatoms. The molecule has 1 aliphatic heterocycles. The molecule has 3 atom stereocenters. The number of benzene rings is 1. The van der Waals surface area contributed by atoms with Gasteiger partial charge in [-0.3, -0.25) is 4.79 Å². The van der Waals surface area contributed by atoms with Crippen LogP contribution in [0.15, 0.2) is 24.3 Å². The summed E-state index contributed by atoms with van der Waals surface area (Å²) in [7, 11) is 0. The van der Waals surface area contributed by atoms with Crippen molar-refractivity contribution in [3.8, 4) is 0 Å². The molecule has 1 aliphatic rings. The largest absolute Gasteiger partial charge is 0.387 e. The minimum absolute atomic E-state index is 0.0173. The van der Waals surface area contributed by atoms with Gasteiger partial charge in [0.1, 0.15) is 0 Å². The van der Waals surface area contributed by atoms with Crippen LogP contribution in [0.5, 0.6) is 0 Å². The van der Waals surface area contributed by atoms with Gasteiger partial charge in [0.15, 0.2) is 0 Å². The van der Waals surface area contributed by atoms with E-state index in [4.69, 9.17) is 4.74 Å². The van der Waals surface area contributed by atoms with Gasteiger partial charge in [-0.1, -0.05) is 29.8 Å². The van der Waals surface area contributed by atoms with E-state index in [2.05, 4.69) is 5.32 Å². The lowest BCUT2D eigenvalue weighted by atomic mass is 9.92. The summed E-state index contributed by atoms with van der Waals surface area (Å²) in [5, 5.41) is 13.0. The Balaban J connectivity index is 1.86. The minimum Gasteiger partial charge on any atom is -0.387 e. The maximum absolute atomic E-state index is 12.2. The molecule has 0 aliphatic carbocycles. The number of ether oxygens (including phenoxy) is 1. The molecule has 1 fully saturated rings. The van der Waals surface area contributed by atoms with E-state index < -0.39 is 6.10 Å². The summed E-state index contributed by atoms with van der Waals surface area (Å²) >= 11 is 0. The summed E-state index contributed by atoms with van der Waals surface area (Å²) < 4.78 is 5.65. The average molecular weight is 291 g/mol. The lowest BCUT2D eigenvalue weighted by molar-refractivity contribution is -0.133. The molecule has 0 saturated carbocycles. The van der Waals surface area contributed by atoms with Crippen LogP contribution in [0.3, 0.4) is 0 Å². The normalized spacial score (nSPS) is 27.1. The second kappa shape index (κ2) is 7.05. The first-order valence-corrected chi connectivity index (χ1v) is 7.63. The summed E-state index contributed by atoms with van der Waals surface area (Å²) in [5.74, 6) is -0.00263. The SMILES string of the molecule is Cc1cccc(C(O)CNC(=O)C2CC(C)OC(C)C2)c1. The highest BCUT2D eigenvalue weighted by atomic mass is 16.5. The molecule has 2 rings (SSSR count). The van der Waals surface area contributed by atoms with Gasteiger partial charge in [0.25, 0.3) is 0 Å². The van der Waals surface area contributed by atoms with Gasteiger partial charge < -0.3 is 15.2 Å². The van der Waals surface area contributed by atoms with Gasteiger partial charge in [-0.05, 0) is 39.2 Å². The number of aliphatic hydroxyl groups is 1. The predicted octanol–water partition coefficient (Wildman–Crippen LogP) is 2.35. The van der Waals surface area contributed by atoms with Gasteiger partial charge in [-0.25, -0.2) is 0 Å². The molecular weight excluding hydrogens is 266 g/mol. The first-order chi connectivity index (χ1) is 9.95. The number of aliphatic hydroxyl groups excluding tert-OH is 1. The monoisotopic (exact) mass is 291 g/mol. The van der Waals surface area contributed by atoms with E-state index >= 15 is 0 Å². The lowest BCUT2D eigenvalue weighted by Gasteiger charge is -2.31. The number of hydrogen-bond donors (Lipinski definition) is 2. The van der Waals surface area contributed by atoms with Gasteiger partial charge in [-0.15, -0.1) is 0 Å². The van der Waals surface area contributed by atoms with Crippen molar-refractivity contribution in [3.63, 3.8) is 0 Å². The van der Waals surface area contributed by atoms with E-state index in [1.54, 1.807) is 0 Å². The number of nitrogens with one attached hydrogen (secondary N) is 1. The number of carbonyl (C=O) groups excluding carboxylic acids is 1. The third-order valence-electron chi connectivity index (χ3n) is 3.96. The smallest absolute Gasteiger partial charge is 0.223 e. The molecule has 3 unspecified atom stereocenters. The third-order valence-corrected chi connectivity index (χ3v) is 3.96. The Morgan fingerprint density at radius 1 is 1.38 bits per heavy atom. The van der Waals surface area contributed by atoms with Crippen LogP contribution in [0.25, 0.3) is 0 Å². The van der Waals surface area contributed by atoms with E-state index in [0.717, 1.165) is 24.0 Å². The predicted molar refractivity (Wildman–Crippen MR) is 81.9 cm³/mol. The van der Waals surface area contributed by atoms with E-state index in [0.29, 0.717) is 0 Å². The lowest BCUT2D eigenvalue weighted by Crippen LogP contribution is -2.40. The average Bonchev–Trinajstić information content (AvgIpc) is 2.43. The molecule has 1 aromatic carbocycles. The van der Waals surface area contributed by atoms with Crippen LogP contribution in [-0.4, -0.2) is 29.8 Å². The molecule has 2 N–H and O–H groups in total. The second-order valence-electron chi connectivity index (χ2n) is 6.10. The van der Waals surface area contributed by atoms with Crippen molar-refractivity contribution in [1.29, 1.82) is 0 Å². The van der Waals surface area contributed by atoms with Crippen LogP contribution in [-0.2, 0) is 9.53 Å². The van der Waals surface area contributed by atoms with Crippen LogP contribution < -0.4 is 5.32 Å². The number of rotatable bonds is 4. The molecule has 0 spiro atoms. The van der Waals surface area contributed by atoms with Gasteiger partial charge >= 0.3 is 0 Å². The summed E-state index contributed by atoms with van der Waals surface area (Å²) in [5.41, 5.74) is 1.94. The Hall–Kier alpha value is -1.39. The van der Waals surface area contributed by atoms with Crippen LogP contribution in [0.4, 0.5) is 0 Å². The first-order valence-electron chi connectivity index (χ1n) is 7.63. The van der Waals surface area contributed by atoms with E-state index in [1.165, 1.54) is 0 Å². The highest BCUT2D eigenvalue weighted by Gasteiger charge is 2.29. The second-order valence-corrected chi connectivity index (χ2v) is 6.10. The molecule has 0 bridgehead atoms. The summed E-state index contributed by atoms with van der Waals surface area (Å²) in [6, 6.07) is 7.72. The van der Waals surface area contributed by atoms with Gasteiger partial charge in [-0.2, -0.15) is 0 Å². The summed E-state index contributed by atoms with van der Waals surface area (Å²) in [6.45, 7) is 6.23. The van der Waals surface area contributed by atoms with E-state index in [-0.39, 0.29) is 30.6 Å². The molecule has 116 valence electrons. The number of aryl methyl sites for hydroxylation is 1. The van der Waals surface area contributed by atoms with Crippen molar-refractivity contribution >= 4 is 5.91 Å². The van der Waals surface area contributed by atoms with Crippen molar-refractivity contribution in [2.75, 3.05) is 6.54 Å². The summed E-state index contributed by atoms with van der Waals surface area (Å²) in [4.78, 5) is 12.2. The fraction of sp³-hybridized carbons (Fsp3) is 0.588. The van der Waals surface area contributed by atoms with Crippen molar-refractivity contribution in [1.82, 2.24) is 5.32 Å². The van der Waals surface area contributed by atoms with Gasteiger partial charge in [0.2, 0.25) is 5.91 Å². The number of carbonyl (C=O) groups is 1. The van der Waals surface area contributed by atoms with Crippen molar-refractivity contribution in [2.45, 2.75) is 51.9 Å². The molecule has 1 aromatic rings. The zero-order valence-corrected chi connectivity index (χ0v) is 13.0. The molecule has 0 radical (unpaired) electrons. The zero-order valence-electron chi connectivity index (χ0n) is 13.0. The molecular formula is C17H25NO3. The third kappa shape index (κ3) is 4.55. The summed E-state index contributed by atoms with van der Waals surface area (Å²) in [6.07, 6.45) is 1.06. The highest BCUT2D eigenvalue weighted by Crippen LogP contribution is 2.25. The topological polar surface area (TPSA) is 58.6 Å². The molecule has 1 amide bonds. The van der Waals surface area contributed by atoms with Crippen LogP contribution in [0.2, 0.25) is 0 Å². The fourth-order valence-electron chi connectivity index (χ4n) is 2.96. The van der Waals surface area contributed by atoms with Crippen molar-refractivity contribution in [2.24, 2.45) is 5.92 Å². The van der Waals surface area contributed by atoms with Crippen LogP contribution >= 0.6 is 0 Å². The molecule has 21 heavy (non-hydrogen) atoms.